The van der Waals surface area contributed by atoms with Gasteiger partial charge in [-0.1, -0.05) is 50.1 Å². The number of aliphatic hydroxyl groups excluding tert-OH is 1. The molecule has 0 aliphatic rings. The topological polar surface area (TPSA) is 122 Å². The van der Waals surface area contributed by atoms with Gasteiger partial charge in [0.05, 0.1) is 24.2 Å². The van der Waals surface area contributed by atoms with Gasteiger partial charge in [-0.25, -0.2) is 13.2 Å². The first kappa shape index (κ1) is 32.3. The van der Waals surface area contributed by atoms with Crippen LogP contribution >= 0.6 is 0 Å². The molecule has 1 amide bonds. The number of hydrogen-bond acceptors (Lipinski definition) is 7. The highest BCUT2D eigenvalue weighted by molar-refractivity contribution is 7.89. The number of carbonyl (C=O) groups excluding carboxylic acids is 2. The summed E-state index contributed by atoms with van der Waals surface area (Å²) in [5, 5.41) is 14.0. The average molecular weight is 563 g/mol. The van der Waals surface area contributed by atoms with E-state index in [0.29, 0.717) is 25.0 Å². The fourth-order valence-electron chi connectivity index (χ4n) is 4.07. The fourth-order valence-corrected chi connectivity index (χ4v) is 5.56. The van der Waals surface area contributed by atoms with Crippen LogP contribution in [0, 0.1) is 0 Å². The summed E-state index contributed by atoms with van der Waals surface area (Å²) in [5.41, 5.74) is 0.863. The average Bonchev–Trinajstić information content (AvgIpc) is 2.91. The largest absolute Gasteiger partial charge is 0.497 e. The minimum Gasteiger partial charge on any atom is -0.497 e. The molecular weight excluding hydrogens is 520 g/mol. The Labute approximate surface area is 232 Å². The summed E-state index contributed by atoms with van der Waals surface area (Å²) < 4.78 is 39.0. The second-order valence-corrected chi connectivity index (χ2v) is 11.6. The molecule has 0 aliphatic carbocycles. The number of benzene rings is 2. The zero-order valence-electron chi connectivity index (χ0n) is 23.3. The predicted molar refractivity (Wildman–Crippen MR) is 150 cm³/mol. The lowest BCUT2D eigenvalue weighted by Gasteiger charge is -2.30. The Morgan fingerprint density at radius 1 is 1.05 bits per heavy atom. The van der Waals surface area contributed by atoms with Gasteiger partial charge in [-0.2, -0.15) is 4.31 Å². The highest BCUT2D eigenvalue weighted by Gasteiger charge is 2.31. The van der Waals surface area contributed by atoms with E-state index in [1.54, 1.807) is 19.1 Å². The Kier molecular flexibility index (Phi) is 13.4. The number of hydrogen-bond donors (Lipinski definition) is 2. The van der Waals surface area contributed by atoms with E-state index in [4.69, 9.17) is 9.47 Å². The Balaban J connectivity index is 2.25. The first-order valence-corrected chi connectivity index (χ1v) is 14.8. The molecule has 3 atom stereocenters. The van der Waals surface area contributed by atoms with Gasteiger partial charge in [0.1, 0.15) is 17.6 Å². The van der Waals surface area contributed by atoms with Gasteiger partial charge in [-0.15, -0.1) is 0 Å². The van der Waals surface area contributed by atoms with Gasteiger partial charge in [0.25, 0.3) is 0 Å². The van der Waals surface area contributed by atoms with Crippen LogP contribution < -0.4 is 10.1 Å². The number of alkyl carbamates (subject to hydrolysis) is 1. The maximum atomic E-state index is 13.6. The zero-order valence-corrected chi connectivity index (χ0v) is 24.2. The van der Waals surface area contributed by atoms with Gasteiger partial charge >= 0.3 is 6.09 Å². The second kappa shape index (κ2) is 16.2. The van der Waals surface area contributed by atoms with Gasteiger partial charge in [0, 0.05) is 19.5 Å². The summed E-state index contributed by atoms with van der Waals surface area (Å²) in [5.74, 6) is 0.541. The number of rotatable bonds is 17. The molecule has 0 radical (unpaired) electrons. The normalized spacial score (nSPS) is 13.9. The van der Waals surface area contributed by atoms with E-state index in [0.717, 1.165) is 18.4 Å². The molecule has 2 aromatic rings. The molecule has 2 N–H and O–H groups in total. The van der Waals surface area contributed by atoms with Crippen molar-refractivity contribution in [3.8, 4) is 5.75 Å². The number of ketones is 1. The molecule has 0 aliphatic heterocycles. The molecule has 0 fully saturated rings. The first-order valence-electron chi connectivity index (χ1n) is 13.4. The molecular formula is C29H42N2O7S. The summed E-state index contributed by atoms with van der Waals surface area (Å²) in [4.78, 5) is 24.1. The number of methoxy groups -OCH3 is 1. The number of Topliss-reactive ketones (excluding diaryl/α,β-unsaturated/α-hetero) is 1. The molecule has 9 nitrogen and oxygen atoms in total. The molecule has 10 heteroatoms. The van der Waals surface area contributed by atoms with Gasteiger partial charge in [0.2, 0.25) is 10.0 Å². The molecule has 0 unspecified atom stereocenters. The van der Waals surface area contributed by atoms with E-state index < -0.39 is 34.4 Å². The van der Waals surface area contributed by atoms with Crippen LogP contribution in [-0.4, -0.2) is 68.2 Å². The van der Waals surface area contributed by atoms with Gasteiger partial charge in [-0.05, 0) is 62.9 Å². The molecule has 0 heterocycles. The number of carbonyl (C=O) groups is 2. The van der Waals surface area contributed by atoms with Crippen LogP contribution in [0.25, 0.3) is 0 Å². The van der Waals surface area contributed by atoms with Crippen LogP contribution in [0.1, 0.15) is 58.4 Å². The van der Waals surface area contributed by atoms with E-state index in [1.165, 1.54) is 30.5 Å². The Hall–Kier alpha value is -2.95. The van der Waals surface area contributed by atoms with Crippen molar-refractivity contribution >= 4 is 21.9 Å². The quantitative estimate of drug-likeness (QED) is 0.275. The SMILES string of the molecule is CCCCCN(C[C@@H](O)[C@H](Cc1ccccc1)NC(=O)O[C@H](C)CCC(C)=O)S(=O)(=O)c1ccc(OC)cc1. The summed E-state index contributed by atoms with van der Waals surface area (Å²) in [6.07, 6.45) is 0.868. The Morgan fingerprint density at radius 3 is 2.31 bits per heavy atom. The lowest BCUT2D eigenvalue weighted by molar-refractivity contribution is -0.117. The number of unbranched alkanes of at least 4 members (excludes halogenated alkanes) is 2. The lowest BCUT2D eigenvalue weighted by Crippen LogP contribution is -2.51. The van der Waals surface area contributed by atoms with Crippen LogP contribution in [0.15, 0.2) is 59.5 Å². The summed E-state index contributed by atoms with van der Waals surface area (Å²) in [7, 11) is -2.42. The predicted octanol–water partition coefficient (Wildman–Crippen LogP) is 4.33. The number of sulfonamides is 1. The third-order valence-electron chi connectivity index (χ3n) is 6.38. The first-order chi connectivity index (χ1) is 18.6. The summed E-state index contributed by atoms with van der Waals surface area (Å²) >= 11 is 0. The molecule has 2 aromatic carbocycles. The van der Waals surface area contributed by atoms with E-state index in [9.17, 15) is 23.1 Å². The maximum Gasteiger partial charge on any atom is 0.407 e. The van der Waals surface area contributed by atoms with Gasteiger partial charge in [0.15, 0.2) is 0 Å². The standard InChI is InChI=1S/C29H42N2O7S/c1-5-6-10-19-31(39(35,36)26-17-15-25(37-4)16-18-26)21-28(33)27(20-24-11-8-7-9-12-24)30-29(34)38-23(3)14-13-22(2)32/h7-9,11-12,15-18,23,27-28,33H,5-6,10,13-14,19-21H2,1-4H3,(H,30,34)/t23-,27+,28-/m1/s1. The molecule has 2 rings (SSSR count). The van der Waals surface area contributed by atoms with E-state index >= 15 is 0 Å². The van der Waals surface area contributed by atoms with Crippen molar-refractivity contribution < 1.29 is 32.6 Å². The molecule has 0 spiro atoms. The minimum absolute atomic E-state index is 0.00414. The molecule has 0 saturated carbocycles. The smallest absolute Gasteiger partial charge is 0.407 e. The van der Waals surface area contributed by atoms with Crippen LogP contribution in [0.3, 0.4) is 0 Å². The van der Waals surface area contributed by atoms with Crippen molar-refractivity contribution in [1.29, 1.82) is 0 Å². The number of aliphatic hydroxyl groups is 1. The summed E-state index contributed by atoms with van der Waals surface area (Å²) in [6.45, 7) is 5.22. The van der Waals surface area contributed by atoms with Crippen molar-refractivity contribution in [2.45, 2.75) is 82.4 Å². The van der Waals surface area contributed by atoms with Crippen LogP contribution in [0.4, 0.5) is 4.79 Å². The van der Waals surface area contributed by atoms with Crippen molar-refractivity contribution in [3.05, 3.63) is 60.2 Å². The van der Waals surface area contributed by atoms with Crippen LogP contribution in [0.5, 0.6) is 5.75 Å². The molecule has 216 valence electrons. The highest BCUT2D eigenvalue weighted by Crippen LogP contribution is 2.21. The molecule has 39 heavy (non-hydrogen) atoms. The monoisotopic (exact) mass is 562 g/mol. The van der Waals surface area contributed by atoms with Crippen LogP contribution in [-0.2, 0) is 26.0 Å². The molecule has 0 aromatic heterocycles. The zero-order chi connectivity index (χ0) is 28.8. The van der Waals surface area contributed by atoms with Crippen molar-refractivity contribution in [1.82, 2.24) is 9.62 Å². The maximum absolute atomic E-state index is 13.6. The number of nitrogens with zero attached hydrogens (tertiary/aromatic N) is 1. The van der Waals surface area contributed by atoms with E-state index in [1.807, 2.05) is 37.3 Å². The lowest BCUT2D eigenvalue weighted by atomic mass is 10.0. The van der Waals surface area contributed by atoms with Crippen molar-refractivity contribution in [2.75, 3.05) is 20.2 Å². The van der Waals surface area contributed by atoms with Gasteiger partial charge < -0.3 is 24.7 Å². The highest BCUT2D eigenvalue weighted by atomic mass is 32.2. The van der Waals surface area contributed by atoms with E-state index in [-0.39, 0.29) is 30.2 Å². The van der Waals surface area contributed by atoms with Gasteiger partial charge in [-0.3, -0.25) is 0 Å². The second-order valence-electron chi connectivity index (χ2n) is 9.71. The fraction of sp³-hybridized carbons (Fsp3) is 0.517. The number of ether oxygens (including phenoxy) is 2. The third-order valence-corrected chi connectivity index (χ3v) is 8.26. The summed E-state index contributed by atoms with van der Waals surface area (Å²) in [6, 6.07) is 14.6. The molecule has 0 saturated heterocycles. The molecule has 0 bridgehead atoms. The van der Waals surface area contributed by atoms with Crippen molar-refractivity contribution in [3.63, 3.8) is 0 Å². The van der Waals surface area contributed by atoms with E-state index in [2.05, 4.69) is 5.32 Å². The van der Waals surface area contributed by atoms with Crippen molar-refractivity contribution in [2.24, 2.45) is 0 Å². The number of amides is 1. The third kappa shape index (κ3) is 11.0. The Bertz CT molecular complexity index is 1120. The Morgan fingerprint density at radius 2 is 1.72 bits per heavy atom. The minimum atomic E-state index is -3.93. The number of nitrogens with one attached hydrogen (secondary N) is 1. The van der Waals surface area contributed by atoms with Crippen LogP contribution in [0.2, 0.25) is 0 Å².